The molecule has 1 heterocycles. The highest BCUT2D eigenvalue weighted by molar-refractivity contribution is 6.15. The van der Waals surface area contributed by atoms with Crippen LogP contribution in [0.3, 0.4) is 0 Å². The molecule has 2 aromatic rings. The molecule has 0 bridgehead atoms. The summed E-state index contributed by atoms with van der Waals surface area (Å²) in [6, 6.07) is 18.1. The van der Waals surface area contributed by atoms with Crippen molar-refractivity contribution in [2.24, 2.45) is 0 Å². The van der Waals surface area contributed by atoms with E-state index >= 15 is 0 Å². The summed E-state index contributed by atoms with van der Waals surface area (Å²) < 4.78 is 4.73. The SMILES string of the molecule is COC(=O)C(C)=C1C(=O)N(C(Cc2ccccc2)c2ccccc2)C(=O)N1C. The molecule has 6 nitrogen and oxygen atoms in total. The van der Waals surface area contributed by atoms with Crippen molar-refractivity contribution < 1.29 is 19.1 Å². The first kappa shape index (κ1) is 19.4. The van der Waals surface area contributed by atoms with Gasteiger partial charge >= 0.3 is 12.0 Å². The van der Waals surface area contributed by atoms with Gasteiger partial charge in [0.1, 0.15) is 5.70 Å². The van der Waals surface area contributed by atoms with E-state index in [9.17, 15) is 14.4 Å². The topological polar surface area (TPSA) is 66.9 Å². The lowest BCUT2D eigenvalue weighted by Crippen LogP contribution is -2.36. The molecule has 0 aromatic heterocycles. The van der Waals surface area contributed by atoms with Crippen molar-refractivity contribution in [3.8, 4) is 0 Å². The molecular formula is C22H22N2O4. The third kappa shape index (κ3) is 3.53. The van der Waals surface area contributed by atoms with Crippen LogP contribution in [0.5, 0.6) is 0 Å². The normalized spacial score (nSPS) is 17.0. The quantitative estimate of drug-likeness (QED) is 0.455. The Balaban J connectivity index is 2.06. The Kier molecular flexibility index (Phi) is 5.59. The highest BCUT2D eigenvalue weighted by atomic mass is 16.5. The molecule has 144 valence electrons. The van der Waals surface area contributed by atoms with Gasteiger partial charge in [0.15, 0.2) is 0 Å². The number of esters is 1. The van der Waals surface area contributed by atoms with Gasteiger partial charge in [0.25, 0.3) is 5.91 Å². The van der Waals surface area contributed by atoms with Crippen LogP contribution in [0, 0.1) is 0 Å². The largest absolute Gasteiger partial charge is 0.466 e. The number of urea groups is 1. The maximum Gasteiger partial charge on any atom is 0.335 e. The van der Waals surface area contributed by atoms with Crippen LogP contribution in [0.1, 0.15) is 24.1 Å². The van der Waals surface area contributed by atoms with Crippen molar-refractivity contribution in [3.05, 3.63) is 83.1 Å². The smallest absolute Gasteiger partial charge is 0.335 e. The minimum Gasteiger partial charge on any atom is -0.466 e. The van der Waals surface area contributed by atoms with Gasteiger partial charge in [-0.3, -0.25) is 14.6 Å². The molecule has 3 amide bonds. The van der Waals surface area contributed by atoms with E-state index in [1.54, 1.807) is 0 Å². The van der Waals surface area contributed by atoms with Gasteiger partial charge in [0, 0.05) is 7.05 Å². The molecule has 0 saturated carbocycles. The number of methoxy groups -OCH3 is 1. The Labute approximate surface area is 164 Å². The summed E-state index contributed by atoms with van der Waals surface area (Å²) in [5, 5.41) is 0. The van der Waals surface area contributed by atoms with E-state index in [1.165, 1.54) is 30.9 Å². The summed E-state index contributed by atoms with van der Waals surface area (Å²) >= 11 is 0. The number of likely N-dealkylation sites (N-methyl/N-ethyl adjacent to an activating group) is 1. The highest BCUT2D eigenvalue weighted by Gasteiger charge is 2.45. The fourth-order valence-electron chi connectivity index (χ4n) is 3.41. The fraction of sp³-hybridized carbons (Fsp3) is 0.227. The van der Waals surface area contributed by atoms with Gasteiger partial charge in [-0.05, 0) is 24.5 Å². The summed E-state index contributed by atoms with van der Waals surface area (Å²) in [6.45, 7) is 1.49. The Morgan fingerprint density at radius 3 is 2.14 bits per heavy atom. The van der Waals surface area contributed by atoms with E-state index in [2.05, 4.69) is 0 Å². The van der Waals surface area contributed by atoms with E-state index in [4.69, 9.17) is 4.74 Å². The molecule has 6 heteroatoms. The Morgan fingerprint density at radius 2 is 1.57 bits per heavy atom. The summed E-state index contributed by atoms with van der Waals surface area (Å²) in [5.41, 5.74) is 2.00. The first-order valence-corrected chi connectivity index (χ1v) is 8.95. The Morgan fingerprint density at radius 1 is 1.00 bits per heavy atom. The highest BCUT2D eigenvalue weighted by Crippen LogP contribution is 2.33. The van der Waals surface area contributed by atoms with E-state index < -0.39 is 23.9 Å². The number of nitrogens with zero attached hydrogens (tertiary/aromatic N) is 2. The van der Waals surface area contributed by atoms with Crippen molar-refractivity contribution in [3.63, 3.8) is 0 Å². The van der Waals surface area contributed by atoms with E-state index in [1.807, 2.05) is 60.7 Å². The second-order valence-corrected chi connectivity index (χ2v) is 6.60. The van der Waals surface area contributed by atoms with Crippen molar-refractivity contribution in [2.75, 3.05) is 14.2 Å². The number of hydrogen-bond acceptors (Lipinski definition) is 4. The second kappa shape index (κ2) is 8.08. The molecule has 2 aromatic carbocycles. The van der Waals surface area contributed by atoms with Crippen LogP contribution in [0.15, 0.2) is 71.9 Å². The van der Waals surface area contributed by atoms with Gasteiger partial charge in [-0.1, -0.05) is 60.7 Å². The van der Waals surface area contributed by atoms with Crippen LogP contribution in [-0.4, -0.2) is 41.9 Å². The number of hydrogen-bond donors (Lipinski definition) is 0. The molecule has 3 rings (SSSR count). The molecule has 0 spiro atoms. The van der Waals surface area contributed by atoms with Crippen molar-refractivity contribution >= 4 is 17.9 Å². The zero-order valence-corrected chi connectivity index (χ0v) is 16.1. The molecular weight excluding hydrogens is 356 g/mol. The molecule has 0 aliphatic carbocycles. The standard InChI is InChI=1S/C22H22N2O4/c1-15(21(26)28-3)19-20(25)24(22(27)23(19)2)18(17-12-8-5-9-13-17)14-16-10-6-4-7-11-16/h4-13,18H,14H2,1-3H3. The molecule has 1 aliphatic heterocycles. The van der Waals surface area contributed by atoms with Gasteiger partial charge in [0.2, 0.25) is 0 Å². The molecule has 1 fully saturated rings. The number of rotatable bonds is 5. The minimum absolute atomic E-state index is 0.0471. The van der Waals surface area contributed by atoms with Gasteiger partial charge in [-0.15, -0.1) is 0 Å². The van der Waals surface area contributed by atoms with Crippen LogP contribution < -0.4 is 0 Å². The lowest BCUT2D eigenvalue weighted by atomic mass is 9.97. The molecule has 0 N–H and O–H groups in total. The molecule has 28 heavy (non-hydrogen) atoms. The third-order valence-electron chi connectivity index (χ3n) is 4.86. The fourth-order valence-corrected chi connectivity index (χ4v) is 3.41. The molecule has 1 unspecified atom stereocenters. The molecule has 0 radical (unpaired) electrons. The van der Waals surface area contributed by atoms with E-state index in [0.29, 0.717) is 6.42 Å². The Hall–Kier alpha value is -3.41. The summed E-state index contributed by atoms with van der Waals surface area (Å²) in [5.74, 6) is -1.13. The Bertz CT molecular complexity index is 922. The van der Waals surface area contributed by atoms with Crippen LogP contribution in [0.2, 0.25) is 0 Å². The van der Waals surface area contributed by atoms with Gasteiger partial charge in [-0.25, -0.2) is 9.59 Å². The lowest BCUT2D eigenvalue weighted by molar-refractivity contribution is -0.136. The zero-order chi connectivity index (χ0) is 20.3. The molecule has 1 atom stereocenters. The van der Waals surface area contributed by atoms with Crippen molar-refractivity contribution in [1.29, 1.82) is 0 Å². The zero-order valence-electron chi connectivity index (χ0n) is 16.1. The summed E-state index contributed by atoms with van der Waals surface area (Å²) in [7, 11) is 2.74. The van der Waals surface area contributed by atoms with Crippen LogP contribution in [0.25, 0.3) is 0 Å². The predicted molar refractivity (Wildman–Crippen MR) is 104 cm³/mol. The predicted octanol–water partition coefficient (Wildman–Crippen LogP) is 3.31. The average molecular weight is 378 g/mol. The van der Waals surface area contributed by atoms with Crippen molar-refractivity contribution in [2.45, 2.75) is 19.4 Å². The van der Waals surface area contributed by atoms with Crippen LogP contribution in [-0.2, 0) is 20.7 Å². The number of amides is 3. The third-order valence-corrected chi connectivity index (χ3v) is 4.86. The summed E-state index contributed by atoms with van der Waals surface area (Å²) in [4.78, 5) is 40.6. The van der Waals surface area contributed by atoms with Gasteiger partial charge in [0.05, 0.1) is 18.7 Å². The second-order valence-electron chi connectivity index (χ2n) is 6.60. The van der Waals surface area contributed by atoms with E-state index in [0.717, 1.165) is 11.1 Å². The molecule has 1 aliphatic rings. The van der Waals surface area contributed by atoms with Gasteiger partial charge in [-0.2, -0.15) is 0 Å². The first-order chi connectivity index (χ1) is 13.5. The first-order valence-electron chi connectivity index (χ1n) is 8.95. The number of benzene rings is 2. The average Bonchev–Trinajstić information content (AvgIpc) is 2.95. The summed E-state index contributed by atoms with van der Waals surface area (Å²) in [6.07, 6.45) is 0.473. The molecule has 1 saturated heterocycles. The number of carbonyl (C=O) groups excluding carboxylic acids is 3. The monoisotopic (exact) mass is 378 g/mol. The van der Waals surface area contributed by atoms with Gasteiger partial charge < -0.3 is 4.74 Å². The van der Waals surface area contributed by atoms with Crippen molar-refractivity contribution in [1.82, 2.24) is 9.80 Å². The van der Waals surface area contributed by atoms with E-state index in [-0.39, 0.29) is 11.3 Å². The van der Waals surface area contributed by atoms with Crippen LogP contribution in [0.4, 0.5) is 4.79 Å². The maximum atomic E-state index is 13.2. The van der Waals surface area contributed by atoms with Crippen LogP contribution >= 0.6 is 0 Å². The lowest BCUT2D eigenvalue weighted by Gasteiger charge is -2.26. The maximum absolute atomic E-state index is 13.2. The number of ether oxygens (including phenoxy) is 1. The number of carbonyl (C=O) groups is 3. The number of imide groups is 1. The minimum atomic E-state index is -0.635.